The third-order valence-corrected chi connectivity index (χ3v) is 2.90. The maximum absolute atomic E-state index is 13.6. The molecule has 2 aliphatic rings. The summed E-state index contributed by atoms with van der Waals surface area (Å²) in [6.45, 7) is 1.68. The first-order valence-electron chi connectivity index (χ1n) is 5.80. The molecular weight excluding hydrogens is 264 g/mol. The molecule has 0 saturated heterocycles. The monoisotopic (exact) mass is 277 g/mol. The number of fused-ring (bicyclic) bond motifs is 2. The number of hydrogen-bond donors (Lipinski definition) is 1. The molecule has 1 nitrogen and oxygen atoms in total. The molecule has 0 radical (unpaired) electrons. The number of allylic oxidation sites excluding steroid dienone is 6. The lowest BCUT2D eigenvalue weighted by Gasteiger charge is -2.12. The summed E-state index contributed by atoms with van der Waals surface area (Å²) in [4.78, 5) is 0.500. The van der Waals surface area contributed by atoms with Gasteiger partial charge in [-0.15, -0.1) is 0 Å². The van der Waals surface area contributed by atoms with Crippen LogP contribution in [0.25, 0.3) is 0 Å². The molecule has 4 heteroatoms. The van der Waals surface area contributed by atoms with Gasteiger partial charge in [-0.1, -0.05) is 48.7 Å². The van der Waals surface area contributed by atoms with Gasteiger partial charge in [0, 0.05) is 11.5 Å². The molecule has 98 valence electrons. The first kappa shape index (κ1) is 13.6. The Morgan fingerprint density at radius 2 is 1.68 bits per heavy atom. The van der Waals surface area contributed by atoms with Crippen LogP contribution in [0, 0.1) is 11.6 Å². The summed E-state index contributed by atoms with van der Waals surface area (Å²) in [7, 11) is 0. The summed E-state index contributed by atoms with van der Waals surface area (Å²) in [5.74, 6) is -1.61. The van der Waals surface area contributed by atoms with E-state index in [0.29, 0.717) is 10.6 Å². The Hall–Kier alpha value is -1.81. The molecule has 2 N–H and O–H groups in total. The van der Waals surface area contributed by atoms with E-state index in [1.807, 2.05) is 24.3 Å². The van der Waals surface area contributed by atoms with Crippen molar-refractivity contribution in [3.05, 3.63) is 70.8 Å². The van der Waals surface area contributed by atoms with Crippen molar-refractivity contribution in [2.75, 3.05) is 0 Å². The fraction of sp³-hybridized carbons (Fsp3) is 0.133. The van der Waals surface area contributed by atoms with Gasteiger partial charge in [0.1, 0.15) is 0 Å². The average molecular weight is 277 g/mol. The lowest BCUT2D eigenvalue weighted by atomic mass is 9.92. The maximum atomic E-state index is 13.6. The first-order valence-corrected chi connectivity index (χ1v) is 6.21. The second kappa shape index (κ2) is 5.45. The molecule has 3 rings (SSSR count). The largest absolute Gasteiger partial charge is 0.394 e. The van der Waals surface area contributed by atoms with Gasteiger partial charge < -0.3 is 5.73 Å². The standard InChI is InChI=1S/C13H8F2.C2H5NS/c14-11-3-1-2-10(13(11)15)12-8-4-5-9(12)7-6-8;1-2(3)4/h1-7,12H;1H3,(H2,3,4). The van der Waals surface area contributed by atoms with Gasteiger partial charge in [0.05, 0.1) is 4.99 Å². The Labute approximate surface area is 116 Å². The van der Waals surface area contributed by atoms with Crippen LogP contribution in [0.2, 0.25) is 0 Å². The average Bonchev–Trinajstić information content (AvgIpc) is 2.92. The van der Waals surface area contributed by atoms with Crippen LogP contribution in [-0.4, -0.2) is 4.99 Å². The number of halogens is 2. The zero-order valence-corrected chi connectivity index (χ0v) is 11.2. The lowest BCUT2D eigenvalue weighted by molar-refractivity contribution is 0.498. The van der Waals surface area contributed by atoms with Crippen molar-refractivity contribution < 1.29 is 8.78 Å². The quantitative estimate of drug-likeness (QED) is 0.791. The molecule has 2 bridgehead atoms. The van der Waals surface area contributed by atoms with Crippen molar-refractivity contribution in [1.82, 2.24) is 0 Å². The van der Waals surface area contributed by atoms with Gasteiger partial charge >= 0.3 is 0 Å². The van der Waals surface area contributed by atoms with Gasteiger partial charge in [-0.3, -0.25) is 0 Å². The van der Waals surface area contributed by atoms with Crippen LogP contribution in [0.4, 0.5) is 8.78 Å². The van der Waals surface area contributed by atoms with Gasteiger partial charge in [-0.25, -0.2) is 8.78 Å². The van der Waals surface area contributed by atoms with Crippen LogP contribution in [0.1, 0.15) is 18.4 Å². The fourth-order valence-corrected chi connectivity index (χ4v) is 2.18. The van der Waals surface area contributed by atoms with E-state index in [9.17, 15) is 8.78 Å². The van der Waals surface area contributed by atoms with E-state index in [1.165, 1.54) is 0 Å². The minimum absolute atomic E-state index is 0.0966. The Morgan fingerprint density at radius 1 is 1.16 bits per heavy atom. The third-order valence-electron chi connectivity index (χ3n) is 2.90. The second-order valence-electron chi connectivity index (χ2n) is 4.35. The second-order valence-corrected chi connectivity index (χ2v) is 5.00. The van der Waals surface area contributed by atoms with Crippen LogP contribution >= 0.6 is 12.2 Å². The van der Waals surface area contributed by atoms with Gasteiger partial charge in [0.15, 0.2) is 11.6 Å². The molecule has 0 atom stereocenters. The summed E-state index contributed by atoms with van der Waals surface area (Å²) < 4.78 is 26.6. The van der Waals surface area contributed by atoms with Crippen LogP contribution in [0.3, 0.4) is 0 Å². The van der Waals surface area contributed by atoms with Crippen LogP contribution in [-0.2, 0) is 0 Å². The minimum Gasteiger partial charge on any atom is -0.394 e. The van der Waals surface area contributed by atoms with Crippen molar-refractivity contribution >= 4 is 17.2 Å². The summed E-state index contributed by atoms with van der Waals surface area (Å²) in [6.07, 6.45) is 7.80. The van der Waals surface area contributed by atoms with Crippen molar-refractivity contribution in [2.45, 2.75) is 12.8 Å². The zero-order chi connectivity index (χ0) is 14.0. The summed E-state index contributed by atoms with van der Waals surface area (Å²) in [5, 5.41) is 0. The first-order chi connectivity index (χ1) is 9.00. The highest BCUT2D eigenvalue weighted by molar-refractivity contribution is 7.80. The van der Waals surface area contributed by atoms with Crippen molar-refractivity contribution in [1.29, 1.82) is 0 Å². The Bertz CT molecular complexity index is 589. The predicted molar refractivity (Wildman–Crippen MR) is 76.9 cm³/mol. The molecule has 0 fully saturated rings. The Balaban J connectivity index is 0.000000297. The highest BCUT2D eigenvalue weighted by Gasteiger charge is 2.29. The smallest absolute Gasteiger partial charge is 0.162 e. The number of benzene rings is 1. The van der Waals surface area contributed by atoms with E-state index in [0.717, 1.165) is 17.2 Å². The number of nitrogens with two attached hydrogens (primary N) is 1. The molecular formula is C15H13F2NS. The summed E-state index contributed by atoms with van der Waals surface area (Å²) >= 11 is 4.31. The lowest BCUT2D eigenvalue weighted by Crippen LogP contribution is -2.01. The highest BCUT2D eigenvalue weighted by atomic mass is 32.1. The third kappa shape index (κ3) is 2.79. The van der Waals surface area contributed by atoms with Crippen molar-refractivity contribution in [2.24, 2.45) is 5.73 Å². The van der Waals surface area contributed by atoms with E-state index >= 15 is 0 Å². The zero-order valence-electron chi connectivity index (χ0n) is 10.4. The normalized spacial score (nSPS) is 15.7. The molecule has 1 aromatic carbocycles. The molecule has 0 aromatic heterocycles. The van der Waals surface area contributed by atoms with Crippen LogP contribution in [0.5, 0.6) is 0 Å². The Morgan fingerprint density at radius 3 is 2.16 bits per heavy atom. The van der Waals surface area contributed by atoms with Crippen LogP contribution in [0.15, 0.2) is 53.6 Å². The predicted octanol–water partition coefficient (Wildman–Crippen LogP) is 3.78. The van der Waals surface area contributed by atoms with E-state index in [1.54, 1.807) is 19.1 Å². The van der Waals surface area contributed by atoms with E-state index in [-0.39, 0.29) is 5.92 Å². The van der Waals surface area contributed by atoms with Crippen LogP contribution < -0.4 is 5.73 Å². The molecule has 0 heterocycles. The molecule has 0 unspecified atom stereocenters. The minimum atomic E-state index is -0.778. The fourth-order valence-electron chi connectivity index (χ4n) is 2.18. The Kier molecular flexibility index (Phi) is 3.90. The molecule has 0 saturated carbocycles. The number of hydrogen-bond acceptors (Lipinski definition) is 1. The van der Waals surface area contributed by atoms with E-state index in [2.05, 4.69) is 12.2 Å². The molecule has 0 aliphatic heterocycles. The molecule has 0 amide bonds. The summed E-state index contributed by atoms with van der Waals surface area (Å²) in [5.41, 5.74) is 7.34. The van der Waals surface area contributed by atoms with Gasteiger partial charge in [0.25, 0.3) is 0 Å². The van der Waals surface area contributed by atoms with Gasteiger partial charge in [-0.05, 0) is 24.1 Å². The highest BCUT2D eigenvalue weighted by Crippen LogP contribution is 2.43. The molecule has 2 aliphatic carbocycles. The van der Waals surface area contributed by atoms with Gasteiger partial charge in [-0.2, -0.15) is 0 Å². The molecule has 0 spiro atoms. The topological polar surface area (TPSA) is 26.0 Å². The van der Waals surface area contributed by atoms with E-state index < -0.39 is 11.6 Å². The van der Waals surface area contributed by atoms with Crippen molar-refractivity contribution in [3.8, 4) is 0 Å². The number of rotatable bonds is 1. The van der Waals surface area contributed by atoms with E-state index in [4.69, 9.17) is 5.73 Å². The van der Waals surface area contributed by atoms with Gasteiger partial charge in [0.2, 0.25) is 0 Å². The molecule has 19 heavy (non-hydrogen) atoms. The van der Waals surface area contributed by atoms with Crippen molar-refractivity contribution in [3.63, 3.8) is 0 Å². The SMILES string of the molecule is CC(N)=S.Fc1cccc(C2C3=CC=C2C=C3)c1F. The summed E-state index contributed by atoms with van der Waals surface area (Å²) in [6, 6.07) is 4.33. The number of thiocarbonyl (C=S) groups is 1. The maximum Gasteiger partial charge on any atom is 0.162 e. The molecule has 1 aromatic rings.